The quantitative estimate of drug-likeness (QED) is 0.616. The van der Waals surface area contributed by atoms with Gasteiger partial charge in [0.25, 0.3) is 5.91 Å². The summed E-state index contributed by atoms with van der Waals surface area (Å²) in [6.45, 7) is 1.27. The van der Waals surface area contributed by atoms with Crippen LogP contribution in [-0.2, 0) is 4.74 Å². The molecule has 1 aromatic carbocycles. The lowest BCUT2D eigenvalue weighted by molar-refractivity contribution is 0.0547. The first-order valence-corrected chi connectivity index (χ1v) is 10.4. The van der Waals surface area contributed by atoms with E-state index in [1.807, 2.05) is 0 Å². The number of anilines is 1. The molecule has 0 atom stereocenters. The highest BCUT2D eigenvalue weighted by molar-refractivity contribution is 7.18. The Morgan fingerprint density at radius 2 is 1.93 bits per heavy atom. The molecule has 3 aromatic rings. The van der Waals surface area contributed by atoms with E-state index >= 15 is 0 Å². The Bertz CT molecular complexity index is 1090. The topological polar surface area (TPSA) is 99.9 Å². The maximum absolute atomic E-state index is 13.1. The SMILES string of the molecule is O=C(Nc1nc(-c2ccco2)c(C(=O)C2CCOCC2)s1)c1ccc2c(c1)OCO2. The Labute approximate surface area is 175 Å². The van der Waals surface area contributed by atoms with Crippen LogP contribution in [0.1, 0.15) is 32.9 Å². The normalized spacial score (nSPS) is 15.9. The first kappa shape index (κ1) is 18.8. The summed E-state index contributed by atoms with van der Waals surface area (Å²) >= 11 is 1.16. The molecule has 30 heavy (non-hydrogen) atoms. The van der Waals surface area contributed by atoms with Gasteiger partial charge in [0.15, 0.2) is 28.2 Å². The van der Waals surface area contributed by atoms with E-state index in [-0.39, 0.29) is 24.4 Å². The van der Waals surface area contributed by atoms with E-state index in [1.165, 1.54) is 6.26 Å². The smallest absolute Gasteiger partial charge is 0.257 e. The van der Waals surface area contributed by atoms with E-state index in [9.17, 15) is 9.59 Å². The molecule has 0 spiro atoms. The maximum atomic E-state index is 13.1. The van der Waals surface area contributed by atoms with Crippen LogP contribution in [0.4, 0.5) is 5.13 Å². The van der Waals surface area contributed by atoms with Gasteiger partial charge in [0, 0.05) is 24.7 Å². The van der Waals surface area contributed by atoms with Crippen LogP contribution >= 0.6 is 11.3 Å². The highest BCUT2D eigenvalue weighted by Gasteiger charge is 2.29. The molecule has 2 aliphatic rings. The van der Waals surface area contributed by atoms with Crippen molar-refractivity contribution in [1.82, 2.24) is 4.98 Å². The molecule has 1 N–H and O–H groups in total. The summed E-state index contributed by atoms with van der Waals surface area (Å²) in [5, 5.41) is 3.12. The molecule has 0 aliphatic carbocycles. The minimum atomic E-state index is -0.349. The van der Waals surface area contributed by atoms with Crippen LogP contribution < -0.4 is 14.8 Å². The van der Waals surface area contributed by atoms with E-state index in [0.29, 0.717) is 64.6 Å². The molecular formula is C21H18N2O6S. The standard InChI is InChI=1S/C21H18N2O6S/c24-18(12-5-8-26-9-6-12)19-17(15-2-1-7-27-15)22-21(30-19)23-20(25)13-3-4-14-16(10-13)29-11-28-14/h1-4,7,10,12H,5-6,8-9,11H2,(H,22,23,25). The zero-order valence-electron chi connectivity index (χ0n) is 15.9. The van der Waals surface area contributed by atoms with Gasteiger partial charge in [0.05, 0.1) is 6.26 Å². The number of nitrogens with zero attached hydrogens (tertiary/aromatic N) is 1. The van der Waals surface area contributed by atoms with Gasteiger partial charge in [-0.2, -0.15) is 0 Å². The molecule has 154 valence electrons. The van der Waals surface area contributed by atoms with Crippen molar-refractivity contribution < 1.29 is 28.2 Å². The van der Waals surface area contributed by atoms with Crippen LogP contribution in [0.15, 0.2) is 41.0 Å². The Hall–Kier alpha value is -3.17. The Morgan fingerprint density at radius 3 is 2.73 bits per heavy atom. The number of carbonyl (C=O) groups is 2. The van der Waals surface area contributed by atoms with Crippen molar-refractivity contribution >= 4 is 28.2 Å². The molecule has 1 fully saturated rings. The number of aromatic nitrogens is 1. The Kier molecular flexibility index (Phi) is 4.97. The van der Waals surface area contributed by atoms with Crippen LogP contribution in [0, 0.1) is 5.92 Å². The van der Waals surface area contributed by atoms with Gasteiger partial charge < -0.3 is 18.6 Å². The van der Waals surface area contributed by atoms with Crippen LogP contribution in [-0.4, -0.2) is 36.7 Å². The number of fused-ring (bicyclic) bond motifs is 1. The third kappa shape index (κ3) is 3.57. The van der Waals surface area contributed by atoms with Crippen molar-refractivity contribution in [1.29, 1.82) is 0 Å². The first-order chi connectivity index (χ1) is 14.7. The zero-order chi connectivity index (χ0) is 20.5. The van der Waals surface area contributed by atoms with Crippen LogP contribution in [0.25, 0.3) is 11.5 Å². The molecule has 1 saturated heterocycles. The van der Waals surface area contributed by atoms with E-state index in [2.05, 4.69) is 10.3 Å². The second kappa shape index (κ2) is 7.92. The van der Waals surface area contributed by atoms with Gasteiger partial charge in [-0.05, 0) is 43.2 Å². The van der Waals surface area contributed by atoms with Crippen molar-refractivity contribution in [2.75, 3.05) is 25.3 Å². The summed E-state index contributed by atoms with van der Waals surface area (Å²) in [5.41, 5.74) is 0.855. The summed E-state index contributed by atoms with van der Waals surface area (Å²) < 4.78 is 21.4. The highest BCUT2D eigenvalue weighted by Crippen LogP contribution is 2.36. The number of hydrogen-bond donors (Lipinski definition) is 1. The fourth-order valence-corrected chi connectivity index (χ4v) is 4.46. The minimum Gasteiger partial charge on any atom is -0.463 e. The number of thiazole rings is 1. The number of amides is 1. The molecular weight excluding hydrogens is 408 g/mol. The number of ether oxygens (including phenoxy) is 3. The third-order valence-corrected chi connectivity index (χ3v) is 6.04. The molecule has 2 aromatic heterocycles. The number of benzene rings is 1. The van der Waals surface area contributed by atoms with Crippen molar-refractivity contribution in [2.45, 2.75) is 12.8 Å². The lowest BCUT2D eigenvalue weighted by Crippen LogP contribution is -2.23. The predicted octanol–water partition coefficient (Wildman–Crippen LogP) is 3.99. The molecule has 5 rings (SSSR count). The molecule has 0 saturated carbocycles. The van der Waals surface area contributed by atoms with Gasteiger partial charge in [-0.15, -0.1) is 0 Å². The van der Waals surface area contributed by atoms with E-state index in [4.69, 9.17) is 18.6 Å². The second-order valence-corrected chi connectivity index (χ2v) is 7.95. The van der Waals surface area contributed by atoms with Crippen molar-refractivity contribution in [3.63, 3.8) is 0 Å². The number of ketones is 1. The van der Waals surface area contributed by atoms with Gasteiger partial charge in [0.2, 0.25) is 6.79 Å². The number of hydrogen-bond acceptors (Lipinski definition) is 8. The average Bonchev–Trinajstić information content (AvgIpc) is 3.53. The molecule has 2 aliphatic heterocycles. The van der Waals surface area contributed by atoms with Gasteiger partial charge in [-0.3, -0.25) is 14.9 Å². The lowest BCUT2D eigenvalue weighted by atomic mass is 9.94. The van der Waals surface area contributed by atoms with Crippen molar-refractivity contribution in [3.05, 3.63) is 47.0 Å². The van der Waals surface area contributed by atoms with Crippen LogP contribution in [0.3, 0.4) is 0 Å². The number of rotatable bonds is 5. The summed E-state index contributed by atoms with van der Waals surface area (Å²) in [6.07, 6.45) is 2.88. The summed E-state index contributed by atoms with van der Waals surface area (Å²) in [7, 11) is 0. The highest BCUT2D eigenvalue weighted by atomic mass is 32.1. The first-order valence-electron chi connectivity index (χ1n) is 9.57. The summed E-state index contributed by atoms with van der Waals surface area (Å²) in [5.74, 6) is 1.15. The van der Waals surface area contributed by atoms with E-state index < -0.39 is 0 Å². The molecule has 1 amide bonds. The monoisotopic (exact) mass is 426 g/mol. The van der Waals surface area contributed by atoms with Crippen LogP contribution in [0.5, 0.6) is 11.5 Å². The molecule has 8 nitrogen and oxygen atoms in total. The minimum absolute atomic E-state index is 0.00535. The molecule has 0 bridgehead atoms. The maximum Gasteiger partial charge on any atom is 0.257 e. The third-order valence-electron chi connectivity index (χ3n) is 5.05. The summed E-state index contributed by atoms with van der Waals surface area (Å²) in [4.78, 5) is 30.8. The zero-order valence-corrected chi connectivity index (χ0v) is 16.7. The van der Waals surface area contributed by atoms with E-state index in [0.717, 1.165) is 11.3 Å². The van der Waals surface area contributed by atoms with Crippen LogP contribution in [0.2, 0.25) is 0 Å². The number of carbonyl (C=O) groups excluding carboxylic acids is 2. The fourth-order valence-electron chi connectivity index (χ4n) is 3.47. The van der Waals surface area contributed by atoms with E-state index in [1.54, 1.807) is 30.3 Å². The van der Waals surface area contributed by atoms with Crippen molar-refractivity contribution in [3.8, 4) is 23.0 Å². The molecule has 0 radical (unpaired) electrons. The average molecular weight is 426 g/mol. The Balaban J connectivity index is 1.42. The number of nitrogens with one attached hydrogen (secondary N) is 1. The van der Waals surface area contributed by atoms with Crippen molar-refractivity contribution in [2.24, 2.45) is 5.92 Å². The second-order valence-electron chi connectivity index (χ2n) is 6.95. The largest absolute Gasteiger partial charge is 0.463 e. The predicted molar refractivity (Wildman–Crippen MR) is 108 cm³/mol. The Morgan fingerprint density at radius 1 is 1.10 bits per heavy atom. The molecule has 9 heteroatoms. The molecule has 4 heterocycles. The van der Waals surface area contributed by atoms with Gasteiger partial charge >= 0.3 is 0 Å². The summed E-state index contributed by atoms with van der Waals surface area (Å²) in [6, 6.07) is 8.44. The number of furan rings is 1. The van der Waals surface area contributed by atoms with Gasteiger partial charge in [0.1, 0.15) is 10.6 Å². The van der Waals surface area contributed by atoms with Gasteiger partial charge in [-0.1, -0.05) is 11.3 Å². The van der Waals surface area contributed by atoms with Gasteiger partial charge in [-0.25, -0.2) is 4.98 Å². The lowest BCUT2D eigenvalue weighted by Gasteiger charge is -2.20. The number of Topliss-reactive ketones (excluding diaryl/α,β-unsaturated/α-hetero) is 1. The molecule has 0 unspecified atom stereocenters. The fraction of sp³-hybridized carbons (Fsp3) is 0.286.